The lowest BCUT2D eigenvalue weighted by Crippen LogP contribution is -2.53. The highest BCUT2D eigenvalue weighted by atomic mass is 16.5. The lowest BCUT2D eigenvalue weighted by Gasteiger charge is -2.33. The van der Waals surface area contributed by atoms with Crippen molar-refractivity contribution in [2.45, 2.75) is 37.3 Å². The molecule has 0 aromatic rings. The Hall–Kier alpha value is -1.16. The quantitative estimate of drug-likeness (QED) is 0.733. The summed E-state index contributed by atoms with van der Waals surface area (Å²) in [5.74, 6) is -0.0430. The van der Waals surface area contributed by atoms with Crippen LogP contribution in [0.3, 0.4) is 0 Å². The van der Waals surface area contributed by atoms with Crippen LogP contribution in [-0.2, 0) is 9.53 Å². The molecule has 0 aromatic heterocycles. The van der Waals surface area contributed by atoms with Gasteiger partial charge in [-0.05, 0) is 32.7 Å². The Morgan fingerprint density at radius 2 is 2.25 bits per heavy atom. The van der Waals surface area contributed by atoms with E-state index in [2.05, 4.69) is 21.6 Å². The van der Waals surface area contributed by atoms with Crippen LogP contribution in [0.5, 0.6) is 0 Å². The first-order valence-electron chi connectivity index (χ1n) is 7.38. The zero-order chi connectivity index (χ0) is 14.4. The molecule has 1 heterocycles. The minimum atomic E-state index is -0.617. The summed E-state index contributed by atoms with van der Waals surface area (Å²) in [7, 11) is 1.89. The number of nitriles is 1. The van der Waals surface area contributed by atoms with E-state index in [0.29, 0.717) is 13.2 Å². The number of rotatable bonds is 5. The van der Waals surface area contributed by atoms with Gasteiger partial charge in [0.25, 0.3) is 0 Å². The molecule has 1 saturated carbocycles. The molecule has 1 atom stereocenters. The van der Waals surface area contributed by atoms with Gasteiger partial charge in [0.2, 0.25) is 5.91 Å². The Morgan fingerprint density at radius 1 is 1.50 bits per heavy atom. The highest BCUT2D eigenvalue weighted by molar-refractivity contribution is 5.79. The Kier molecular flexibility index (Phi) is 5.35. The Bertz CT molecular complexity index is 372. The van der Waals surface area contributed by atoms with Gasteiger partial charge in [-0.2, -0.15) is 5.26 Å². The maximum absolute atomic E-state index is 12.1. The second-order valence-electron chi connectivity index (χ2n) is 5.73. The van der Waals surface area contributed by atoms with Gasteiger partial charge < -0.3 is 15.4 Å². The molecule has 1 unspecified atom stereocenters. The van der Waals surface area contributed by atoms with Gasteiger partial charge in [0.15, 0.2) is 0 Å². The zero-order valence-corrected chi connectivity index (χ0v) is 12.2. The van der Waals surface area contributed by atoms with Crippen molar-refractivity contribution in [1.82, 2.24) is 15.5 Å². The van der Waals surface area contributed by atoms with Crippen molar-refractivity contribution in [3.05, 3.63) is 0 Å². The normalized spacial score (nSPS) is 26.1. The number of morpholine rings is 1. The first kappa shape index (κ1) is 15.2. The molecule has 0 bridgehead atoms. The number of likely N-dealkylation sites (N-methyl/N-ethyl adjacent to an activating group) is 1. The van der Waals surface area contributed by atoms with Crippen molar-refractivity contribution in [1.29, 1.82) is 5.26 Å². The van der Waals surface area contributed by atoms with Gasteiger partial charge in [-0.25, -0.2) is 0 Å². The molecule has 2 N–H and O–H groups in total. The van der Waals surface area contributed by atoms with Crippen molar-refractivity contribution in [2.75, 3.05) is 39.8 Å². The van der Waals surface area contributed by atoms with Crippen LogP contribution >= 0.6 is 0 Å². The zero-order valence-electron chi connectivity index (χ0n) is 12.2. The average molecular weight is 280 g/mol. The SMILES string of the molecule is CNCC1CN(CC(=O)NC2(C#N)CCCC2)CCO1. The second-order valence-corrected chi connectivity index (χ2v) is 5.73. The monoisotopic (exact) mass is 280 g/mol. The molecule has 0 aromatic carbocycles. The molecular formula is C14H24N4O2. The fourth-order valence-electron chi connectivity index (χ4n) is 3.03. The summed E-state index contributed by atoms with van der Waals surface area (Å²) in [5.41, 5.74) is -0.617. The van der Waals surface area contributed by atoms with E-state index < -0.39 is 5.54 Å². The van der Waals surface area contributed by atoms with Crippen molar-refractivity contribution >= 4 is 5.91 Å². The van der Waals surface area contributed by atoms with Crippen molar-refractivity contribution in [2.24, 2.45) is 0 Å². The van der Waals surface area contributed by atoms with E-state index in [1.165, 1.54) is 0 Å². The van der Waals surface area contributed by atoms with Crippen LogP contribution in [0.25, 0.3) is 0 Å². The third-order valence-electron chi connectivity index (χ3n) is 4.07. The fraction of sp³-hybridized carbons (Fsp3) is 0.857. The van der Waals surface area contributed by atoms with E-state index in [0.717, 1.165) is 45.3 Å². The molecule has 6 nitrogen and oxygen atoms in total. The Morgan fingerprint density at radius 3 is 2.90 bits per heavy atom. The lowest BCUT2D eigenvalue weighted by atomic mass is 10.00. The number of amides is 1. The standard InChI is InChI=1S/C14H24N4O2/c1-16-8-12-9-18(6-7-20-12)10-13(19)17-14(11-15)4-2-3-5-14/h12,16H,2-10H2,1H3,(H,17,19). The number of ether oxygens (including phenoxy) is 1. The van der Waals surface area contributed by atoms with E-state index in [1.807, 2.05) is 7.05 Å². The molecule has 0 radical (unpaired) electrons. The Labute approximate surface area is 120 Å². The van der Waals surface area contributed by atoms with Gasteiger partial charge in [0.1, 0.15) is 5.54 Å². The van der Waals surface area contributed by atoms with Crippen LogP contribution in [0.1, 0.15) is 25.7 Å². The number of carbonyl (C=O) groups is 1. The maximum atomic E-state index is 12.1. The summed E-state index contributed by atoms with van der Waals surface area (Å²) in [6, 6.07) is 2.29. The summed E-state index contributed by atoms with van der Waals surface area (Å²) in [5, 5.41) is 15.3. The third kappa shape index (κ3) is 3.92. The van der Waals surface area contributed by atoms with Gasteiger partial charge in [-0.15, -0.1) is 0 Å². The Balaban J connectivity index is 1.80. The first-order valence-corrected chi connectivity index (χ1v) is 7.38. The van der Waals surface area contributed by atoms with Gasteiger partial charge in [-0.3, -0.25) is 9.69 Å². The smallest absolute Gasteiger partial charge is 0.235 e. The van der Waals surface area contributed by atoms with Gasteiger partial charge in [0.05, 0.1) is 25.3 Å². The molecule has 20 heavy (non-hydrogen) atoms. The largest absolute Gasteiger partial charge is 0.374 e. The number of hydrogen-bond donors (Lipinski definition) is 2. The van der Waals surface area contributed by atoms with E-state index in [-0.39, 0.29) is 12.0 Å². The van der Waals surface area contributed by atoms with E-state index in [9.17, 15) is 10.1 Å². The minimum Gasteiger partial charge on any atom is -0.374 e. The molecule has 0 spiro atoms. The summed E-state index contributed by atoms with van der Waals surface area (Å²) in [6.07, 6.45) is 3.74. The number of hydrogen-bond acceptors (Lipinski definition) is 5. The number of carbonyl (C=O) groups excluding carboxylic acids is 1. The van der Waals surface area contributed by atoms with Crippen molar-refractivity contribution in [3.8, 4) is 6.07 Å². The fourth-order valence-corrected chi connectivity index (χ4v) is 3.03. The van der Waals surface area contributed by atoms with E-state index in [4.69, 9.17) is 4.74 Å². The highest BCUT2D eigenvalue weighted by Gasteiger charge is 2.35. The molecule has 2 rings (SSSR count). The third-order valence-corrected chi connectivity index (χ3v) is 4.07. The average Bonchev–Trinajstić information content (AvgIpc) is 2.88. The second kappa shape index (κ2) is 7.02. The predicted octanol–water partition coefficient (Wildman–Crippen LogP) is -0.141. The van der Waals surface area contributed by atoms with E-state index >= 15 is 0 Å². The molecule has 1 saturated heterocycles. The number of nitrogens with one attached hydrogen (secondary N) is 2. The summed E-state index contributed by atoms with van der Waals surface area (Å²) in [6.45, 7) is 3.33. The molecule has 2 aliphatic rings. The lowest BCUT2D eigenvalue weighted by molar-refractivity contribution is -0.125. The number of nitrogens with zero attached hydrogens (tertiary/aromatic N) is 2. The van der Waals surface area contributed by atoms with Crippen LogP contribution in [0.15, 0.2) is 0 Å². The summed E-state index contributed by atoms with van der Waals surface area (Å²) < 4.78 is 5.62. The van der Waals surface area contributed by atoms with Gasteiger partial charge >= 0.3 is 0 Å². The molecule has 1 amide bonds. The molecule has 6 heteroatoms. The van der Waals surface area contributed by atoms with Crippen molar-refractivity contribution < 1.29 is 9.53 Å². The molecule has 1 aliphatic heterocycles. The van der Waals surface area contributed by atoms with Crippen LogP contribution in [0.4, 0.5) is 0 Å². The summed E-state index contributed by atoms with van der Waals surface area (Å²) in [4.78, 5) is 14.2. The molecule has 2 fully saturated rings. The molecule has 112 valence electrons. The van der Waals surface area contributed by atoms with Crippen molar-refractivity contribution in [3.63, 3.8) is 0 Å². The highest BCUT2D eigenvalue weighted by Crippen LogP contribution is 2.28. The van der Waals surface area contributed by atoms with Crippen LogP contribution < -0.4 is 10.6 Å². The van der Waals surface area contributed by atoms with Crippen LogP contribution in [0.2, 0.25) is 0 Å². The molecule has 1 aliphatic carbocycles. The van der Waals surface area contributed by atoms with E-state index in [1.54, 1.807) is 0 Å². The maximum Gasteiger partial charge on any atom is 0.235 e. The predicted molar refractivity (Wildman–Crippen MR) is 75.1 cm³/mol. The van der Waals surface area contributed by atoms with Crippen LogP contribution in [0, 0.1) is 11.3 Å². The van der Waals surface area contributed by atoms with Crippen LogP contribution in [-0.4, -0.2) is 62.3 Å². The molecular weight excluding hydrogens is 256 g/mol. The topological polar surface area (TPSA) is 77.4 Å². The first-order chi connectivity index (χ1) is 9.67. The van der Waals surface area contributed by atoms with Gasteiger partial charge in [-0.1, -0.05) is 0 Å². The minimum absolute atomic E-state index is 0.0430. The summed E-state index contributed by atoms with van der Waals surface area (Å²) >= 11 is 0. The van der Waals surface area contributed by atoms with Gasteiger partial charge in [0, 0.05) is 19.6 Å².